The molecule has 2 rings (SSSR count). The number of hydrogen-bond acceptors (Lipinski definition) is 2. The highest BCUT2D eigenvalue weighted by Crippen LogP contribution is 2.33. The number of rotatable bonds is 3. The third-order valence-electron chi connectivity index (χ3n) is 2.61. The molecule has 0 radical (unpaired) electrons. The molecule has 0 amide bonds. The number of carbonyl (C=O) groups is 1. The van der Waals surface area contributed by atoms with E-state index in [-0.39, 0.29) is 10.6 Å². The van der Waals surface area contributed by atoms with E-state index in [2.05, 4.69) is 4.74 Å². The molecule has 0 aliphatic carbocycles. The maximum absolute atomic E-state index is 12.2. The molecule has 0 fully saturated rings. The molecule has 0 unspecified atom stereocenters. The molecular weight excluding hydrogens is 309 g/mol. The summed E-state index contributed by atoms with van der Waals surface area (Å²) >= 11 is 5.98. The molecule has 0 saturated carbocycles. The van der Waals surface area contributed by atoms with Crippen molar-refractivity contribution in [3.8, 4) is 16.9 Å². The minimum atomic E-state index is -4.80. The van der Waals surface area contributed by atoms with Crippen molar-refractivity contribution in [3.05, 3.63) is 53.1 Å². The first-order chi connectivity index (χ1) is 9.78. The van der Waals surface area contributed by atoms with Crippen LogP contribution >= 0.6 is 11.6 Å². The largest absolute Gasteiger partial charge is 0.573 e. The fourth-order valence-electron chi connectivity index (χ4n) is 1.78. The molecule has 2 aromatic carbocycles. The highest BCUT2D eigenvalue weighted by molar-refractivity contribution is 6.36. The van der Waals surface area contributed by atoms with Crippen LogP contribution in [-0.2, 0) is 0 Å². The molecule has 3 nitrogen and oxygen atoms in total. The van der Waals surface area contributed by atoms with Crippen molar-refractivity contribution < 1.29 is 27.8 Å². The summed E-state index contributed by atoms with van der Waals surface area (Å²) in [6, 6.07) is 9.44. The lowest BCUT2D eigenvalue weighted by Gasteiger charge is -2.11. The highest BCUT2D eigenvalue weighted by Gasteiger charge is 2.31. The maximum atomic E-state index is 12.2. The lowest BCUT2D eigenvalue weighted by atomic mass is 10.0. The van der Waals surface area contributed by atoms with Crippen molar-refractivity contribution >= 4 is 17.6 Å². The molecule has 0 aliphatic rings. The van der Waals surface area contributed by atoms with Crippen LogP contribution in [0.2, 0.25) is 5.02 Å². The first-order valence-electron chi connectivity index (χ1n) is 5.66. The van der Waals surface area contributed by atoms with E-state index < -0.39 is 18.1 Å². The average molecular weight is 317 g/mol. The Morgan fingerprint density at radius 2 is 1.81 bits per heavy atom. The van der Waals surface area contributed by atoms with Gasteiger partial charge in [0.05, 0.1) is 10.6 Å². The monoisotopic (exact) mass is 316 g/mol. The van der Waals surface area contributed by atoms with Gasteiger partial charge in [-0.15, -0.1) is 13.2 Å². The van der Waals surface area contributed by atoms with E-state index in [0.29, 0.717) is 11.1 Å². The summed E-state index contributed by atoms with van der Waals surface area (Å²) in [5.41, 5.74) is 0.505. The van der Waals surface area contributed by atoms with Crippen LogP contribution in [0.5, 0.6) is 5.75 Å². The third kappa shape index (κ3) is 3.66. The van der Waals surface area contributed by atoms with E-state index in [4.69, 9.17) is 16.7 Å². The van der Waals surface area contributed by atoms with Crippen molar-refractivity contribution in [1.82, 2.24) is 0 Å². The van der Waals surface area contributed by atoms with Gasteiger partial charge in [-0.1, -0.05) is 35.9 Å². The van der Waals surface area contributed by atoms with Gasteiger partial charge in [0.15, 0.2) is 0 Å². The quantitative estimate of drug-likeness (QED) is 0.900. The number of aromatic carboxylic acids is 1. The predicted molar refractivity (Wildman–Crippen MR) is 70.5 cm³/mol. The summed E-state index contributed by atoms with van der Waals surface area (Å²) in [7, 11) is 0. The minimum absolute atomic E-state index is 0.0471. The Labute approximate surface area is 122 Å². The number of hydrogen-bond donors (Lipinski definition) is 1. The zero-order valence-electron chi connectivity index (χ0n) is 10.3. The second-order valence-electron chi connectivity index (χ2n) is 4.05. The molecule has 7 heteroatoms. The van der Waals surface area contributed by atoms with Gasteiger partial charge >= 0.3 is 12.3 Å². The third-order valence-corrected chi connectivity index (χ3v) is 3.01. The molecule has 0 aromatic heterocycles. The molecule has 0 spiro atoms. The number of alkyl halides is 3. The van der Waals surface area contributed by atoms with Gasteiger partial charge in [0.2, 0.25) is 0 Å². The molecule has 2 aromatic rings. The van der Waals surface area contributed by atoms with Crippen molar-refractivity contribution in [2.75, 3.05) is 0 Å². The molecule has 0 saturated heterocycles. The number of carboxylic acid groups (broad SMARTS) is 1. The Morgan fingerprint density at radius 1 is 1.14 bits per heavy atom. The number of benzene rings is 2. The molecular formula is C14H8ClF3O3. The first kappa shape index (κ1) is 15.2. The van der Waals surface area contributed by atoms with E-state index in [1.165, 1.54) is 30.3 Å². The minimum Gasteiger partial charge on any atom is -0.478 e. The van der Waals surface area contributed by atoms with Crippen molar-refractivity contribution in [1.29, 1.82) is 0 Å². The van der Waals surface area contributed by atoms with Gasteiger partial charge in [-0.3, -0.25) is 0 Å². The first-order valence-corrected chi connectivity index (χ1v) is 6.04. The Bertz CT molecular complexity index is 683. The van der Waals surface area contributed by atoms with Gasteiger partial charge in [0.25, 0.3) is 0 Å². The van der Waals surface area contributed by atoms with Gasteiger partial charge < -0.3 is 9.84 Å². The average Bonchev–Trinajstić information content (AvgIpc) is 2.36. The van der Waals surface area contributed by atoms with Crippen LogP contribution in [0.3, 0.4) is 0 Å². The number of carboxylic acids is 1. The van der Waals surface area contributed by atoms with Gasteiger partial charge in [0, 0.05) is 5.56 Å². The van der Waals surface area contributed by atoms with E-state index in [9.17, 15) is 18.0 Å². The van der Waals surface area contributed by atoms with Gasteiger partial charge in [-0.05, 0) is 23.8 Å². The number of halogens is 4. The summed E-state index contributed by atoms with van der Waals surface area (Å²) in [6.07, 6.45) is -4.80. The molecule has 110 valence electrons. The van der Waals surface area contributed by atoms with Gasteiger partial charge in [-0.2, -0.15) is 0 Å². The van der Waals surface area contributed by atoms with Gasteiger partial charge in [0.1, 0.15) is 5.75 Å². The van der Waals surface area contributed by atoms with Crippen LogP contribution in [0, 0.1) is 0 Å². The van der Waals surface area contributed by atoms with Crippen LogP contribution in [-0.4, -0.2) is 17.4 Å². The van der Waals surface area contributed by atoms with E-state index in [0.717, 1.165) is 12.1 Å². The molecule has 0 aliphatic heterocycles. The van der Waals surface area contributed by atoms with Crippen LogP contribution in [0.15, 0.2) is 42.5 Å². The zero-order chi connectivity index (χ0) is 15.6. The van der Waals surface area contributed by atoms with Gasteiger partial charge in [-0.25, -0.2) is 4.79 Å². The van der Waals surface area contributed by atoms with Crippen molar-refractivity contribution in [2.24, 2.45) is 0 Å². The molecule has 21 heavy (non-hydrogen) atoms. The SMILES string of the molecule is O=C(O)c1cccc(-c2cccc(OC(F)(F)F)c2)c1Cl. The molecule has 0 atom stereocenters. The summed E-state index contributed by atoms with van der Waals surface area (Å²) in [5, 5.41) is 8.94. The van der Waals surface area contributed by atoms with E-state index in [1.54, 1.807) is 0 Å². The van der Waals surface area contributed by atoms with Crippen molar-refractivity contribution in [3.63, 3.8) is 0 Å². The summed E-state index contributed by atoms with van der Waals surface area (Å²) < 4.78 is 40.4. The zero-order valence-corrected chi connectivity index (χ0v) is 11.1. The summed E-state index contributed by atoms with van der Waals surface area (Å²) in [5.74, 6) is -1.62. The Morgan fingerprint density at radius 3 is 2.43 bits per heavy atom. The fourth-order valence-corrected chi connectivity index (χ4v) is 2.10. The number of ether oxygens (including phenoxy) is 1. The topological polar surface area (TPSA) is 46.5 Å². The van der Waals surface area contributed by atoms with Crippen LogP contribution in [0.25, 0.3) is 11.1 Å². The maximum Gasteiger partial charge on any atom is 0.573 e. The van der Waals surface area contributed by atoms with E-state index >= 15 is 0 Å². The standard InChI is InChI=1S/C14H8ClF3O3/c15-12-10(5-2-6-11(12)13(19)20)8-3-1-4-9(7-8)21-14(16,17)18/h1-7H,(H,19,20). The smallest absolute Gasteiger partial charge is 0.478 e. The lowest BCUT2D eigenvalue weighted by molar-refractivity contribution is -0.274. The van der Waals surface area contributed by atoms with E-state index in [1.807, 2.05) is 0 Å². The summed E-state index contributed by atoms with van der Waals surface area (Å²) in [4.78, 5) is 11.0. The fraction of sp³-hybridized carbons (Fsp3) is 0.0714. The summed E-state index contributed by atoms with van der Waals surface area (Å²) in [6.45, 7) is 0. The Hall–Kier alpha value is -2.21. The van der Waals surface area contributed by atoms with Crippen LogP contribution in [0.4, 0.5) is 13.2 Å². The molecule has 0 bridgehead atoms. The second kappa shape index (κ2) is 5.65. The normalized spacial score (nSPS) is 11.2. The Balaban J connectivity index is 2.46. The molecule has 0 heterocycles. The Kier molecular flexibility index (Phi) is 4.09. The second-order valence-corrected chi connectivity index (χ2v) is 4.43. The molecule has 1 N–H and O–H groups in total. The van der Waals surface area contributed by atoms with Crippen molar-refractivity contribution in [2.45, 2.75) is 6.36 Å². The predicted octanol–water partition coefficient (Wildman–Crippen LogP) is 4.60. The highest BCUT2D eigenvalue weighted by atomic mass is 35.5. The lowest BCUT2D eigenvalue weighted by Crippen LogP contribution is -2.17. The van der Waals surface area contributed by atoms with Crippen LogP contribution in [0.1, 0.15) is 10.4 Å². The van der Waals surface area contributed by atoms with Crippen LogP contribution < -0.4 is 4.74 Å².